The number of rotatable bonds is 9. The second-order valence-corrected chi connectivity index (χ2v) is 8.66. The summed E-state index contributed by atoms with van der Waals surface area (Å²) < 4.78 is 11.1. The minimum absolute atomic E-state index is 0.0697. The van der Waals surface area contributed by atoms with Gasteiger partial charge in [-0.05, 0) is 25.1 Å². The Morgan fingerprint density at radius 1 is 1.30 bits per heavy atom. The minimum Gasteiger partial charge on any atom is -0.496 e. The number of nitrogens with one attached hydrogen (secondary N) is 1. The molecule has 1 N–H and O–H groups in total. The quantitative estimate of drug-likeness (QED) is 0.352. The van der Waals surface area contributed by atoms with Crippen molar-refractivity contribution in [3.05, 3.63) is 34.7 Å². The first-order chi connectivity index (χ1) is 14.6. The highest BCUT2D eigenvalue weighted by molar-refractivity contribution is 8.26. The molecule has 30 heavy (non-hydrogen) atoms. The highest BCUT2D eigenvalue weighted by Crippen LogP contribution is 2.34. The van der Waals surface area contributed by atoms with Crippen LogP contribution in [0.3, 0.4) is 0 Å². The molecule has 0 spiro atoms. The first-order valence-corrected chi connectivity index (χ1v) is 11.3. The predicted octanol–water partition coefficient (Wildman–Crippen LogP) is 2.12. The molecule has 0 unspecified atom stereocenters. The number of amides is 2. The number of thioether (sulfide) groups is 1. The van der Waals surface area contributed by atoms with Gasteiger partial charge in [0.2, 0.25) is 5.91 Å². The van der Waals surface area contributed by atoms with E-state index >= 15 is 0 Å². The molecule has 2 aliphatic heterocycles. The van der Waals surface area contributed by atoms with E-state index in [4.69, 9.17) is 21.7 Å². The third kappa shape index (κ3) is 6.28. The van der Waals surface area contributed by atoms with Gasteiger partial charge in [-0.25, -0.2) is 0 Å². The molecule has 2 saturated heterocycles. The van der Waals surface area contributed by atoms with E-state index in [2.05, 4.69) is 10.2 Å². The lowest BCUT2D eigenvalue weighted by atomic mass is 10.2. The average molecular weight is 450 g/mol. The van der Waals surface area contributed by atoms with Crippen LogP contribution in [0.25, 0.3) is 6.08 Å². The maximum absolute atomic E-state index is 12.7. The second kappa shape index (κ2) is 11.5. The largest absolute Gasteiger partial charge is 0.496 e. The SMILES string of the molecule is COc1ccccc1/C=C1/SC(=S)N(CCC(=O)NCCCN2CCOCC2)C1=O. The van der Waals surface area contributed by atoms with Crippen molar-refractivity contribution in [2.24, 2.45) is 0 Å². The van der Waals surface area contributed by atoms with Gasteiger partial charge in [0, 0.05) is 38.2 Å². The van der Waals surface area contributed by atoms with Crippen molar-refractivity contribution >= 4 is 46.2 Å². The second-order valence-electron chi connectivity index (χ2n) is 6.98. The van der Waals surface area contributed by atoms with Crippen molar-refractivity contribution in [1.29, 1.82) is 0 Å². The molecule has 162 valence electrons. The number of methoxy groups -OCH3 is 1. The summed E-state index contributed by atoms with van der Waals surface area (Å²) in [6.07, 6.45) is 2.91. The molecule has 2 aliphatic rings. The van der Waals surface area contributed by atoms with Crippen molar-refractivity contribution in [2.75, 3.05) is 53.0 Å². The summed E-state index contributed by atoms with van der Waals surface area (Å²) in [6, 6.07) is 7.49. The van der Waals surface area contributed by atoms with E-state index in [-0.39, 0.29) is 24.8 Å². The van der Waals surface area contributed by atoms with Gasteiger partial charge in [-0.3, -0.25) is 19.4 Å². The van der Waals surface area contributed by atoms with E-state index in [0.29, 0.717) is 21.5 Å². The Morgan fingerprint density at radius 2 is 2.07 bits per heavy atom. The Kier molecular flexibility index (Phi) is 8.68. The van der Waals surface area contributed by atoms with E-state index in [9.17, 15) is 9.59 Å². The van der Waals surface area contributed by atoms with Crippen LogP contribution in [-0.2, 0) is 14.3 Å². The summed E-state index contributed by atoms with van der Waals surface area (Å²) in [5.41, 5.74) is 0.818. The molecule has 1 aromatic carbocycles. The summed E-state index contributed by atoms with van der Waals surface area (Å²) >= 11 is 6.60. The molecule has 0 saturated carbocycles. The van der Waals surface area contributed by atoms with Crippen molar-refractivity contribution < 1.29 is 19.1 Å². The summed E-state index contributed by atoms with van der Waals surface area (Å²) in [6.45, 7) is 5.32. The number of para-hydroxylation sites is 1. The molecule has 0 radical (unpaired) electrons. The van der Waals surface area contributed by atoms with Crippen molar-refractivity contribution in [3.8, 4) is 5.75 Å². The minimum atomic E-state index is -0.170. The van der Waals surface area contributed by atoms with Gasteiger partial charge in [0.25, 0.3) is 5.91 Å². The number of thiocarbonyl (C=S) groups is 1. The normalized spacial score (nSPS) is 18.8. The zero-order chi connectivity index (χ0) is 21.3. The Bertz CT molecular complexity index is 809. The highest BCUT2D eigenvalue weighted by Gasteiger charge is 2.32. The fourth-order valence-electron chi connectivity index (χ4n) is 3.28. The molecule has 2 heterocycles. The molecule has 0 aliphatic carbocycles. The number of morpholine rings is 1. The van der Waals surface area contributed by atoms with Gasteiger partial charge >= 0.3 is 0 Å². The van der Waals surface area contributed by atoms with Gasteiger partial charge in [-0.15, -0.1) is 0 Å². The molecule has 7 nitrogen and oxygen atoms in total. The van der Waals surface area contributed by atoms with Crippen LogP contribution < -0.4 is 10.1 Å². The molecule has 0 atom stereocenters. The smallest absolute Gasteiger partial charge is 0.266 e. The van der Waals surface area contributed by atoms with Gasteiger partial charge in [0.15, 0.2) is 0 Å². The number of carbonyl (C=O) groups is 2. The third-order valence-corrected chi connectivity index (χ3v) is 6.32. The standard InChI is InChI=1S/C21H27N3O4S2/c1-27-17-6-3-2-5-16(17)15-18-20(26)24(21(29)30-18)10-7-19(25)22-8-4-9-23-11-13-28-14-12-23/h2-3,5-6,15H,4,7-14H2,1H3,(H,22,25)/b18-15+. The van der Waals surface area contributed by atoms with Crippen LogP contribution in [0.15, 0.2) is 29.2 Å². The van der Waals surface area contributed by atoms with Crippen LogP contribution in [0.2, 0.25) is 0 Å². The van der Waals surface area contributed by atoms with Crippen molar-refractivity contribution in [1.82, 2.24) is 15.1 Å². The molecule has 0 bridgehead atoms. The average Bonchev–Trinajstić information content (AvgIpc) is 3.03. The molecule has 9 heteroatoms. The fraction of sp³-hybridized carbons (Fsp3) is 0.476. The van der Waals surface area contributed by atoms with Crippen LogP contribution in [0.1, 0.15) is 18.4 Å². The number of nitrogens with zero attached hydrogens (tertiary/aromatic N) is 2. The van der Waals surface area contributed by atoms with Crippen LogP contribution in [0.5, 0.6) is 5.75 Å². The van der Waals surface area contributed by atoms with E-state index in [1.54, 1.807) is 13.2 Å². The monoisotopic (exact) mass is 449 g/mol. The number of hydrogen-bond donors (Lipinski definition) is 1. The Balaban J connectivity index is 1.43. The molecule has 2 fully saturated rings. The predicted molar refractivity (Wildman–Crippen MR) is 122 cm³/mol. The maximum Gasteiger partial charge on any atom is 0.266 e. The van der Waals surface area contributed by atoms with Gasteiger partial charge in [-0.2, -0.15) is 0 Å². The van der Waals surface area contributed by atoms with Gasteiger partial charge in [0.1, 0.15) is 10.1 Å². The van der Waals surface area contributed by atoms with Crippen LogP contribution in [-0.4, -0.2) is 79.0 Å². The van der Waals surface area contributed by atoms with E-state index in [1.807, 2.05) is 24.3 Å². The molecule has 1 aromatic rings. The molecular weight excluding hydrogens is 422 g/mol. The summed E-state index contributed by atoms with van der Waals surface area (Å²) in [4.78, 5) is 29.3. The molecule has 3 rings (SSSR count). The first-order valence-electron chi connectivity index (χ1n) is 10.0. The number of benzene rings is 1. The fourth-order valence-corrected chi connectivity index (χ4v) is 4.58. The van der Waals surface area contributed by atoms with Gasteiger partial charge < -0.3 is 14.8 Å². The Labute approximate surface area is 186 Å². The lowest BCUT2D eigenvalue weighted by Crippen LogP contribution is -2.38. The summed E-state index contributed by atoms with van der Waals surface area (Å²) in [7, 11) is 1.59. The van der Waals surface area contributed by atoms with E-state index < -0.39 is 0 Å². The molecule has 2 amide bonds. The summed E-state index contributed by atoms with van der Waals surface area (Å²) in [5.74, 6) is 0.454. The van der Waals surface area contributed by atoms with E-state index in [0.717, 1.165) is 44.8 Å². The number of hydrogen-bond acceptors (Lipinski definition) is 7. The molecular formula is C21H27N3O4S2. The third-order valence-electron chi connectivity index (χ3n) is 4.94. The highest BCUT2D eigenvalue weighted by atomic mass is 32.2. The lowest BCUT2D eigenvalue weighted by molar-refractivity contribution is -0.123. The number of ether oxygens (including phenoxy) is 2. The van der Waals surface area contributed by atoms with Gasteiger partial charge in [0.05, 0.1) is 25.2 Å². The van der Waals surface area contributed by atoms with Crippen LogP contribution in [0.4, 0.5) is 0 Å². The number of carbonyl (C=O) groups excluding carboxylic acids is 2. The zero-order valence-electron chi connectivity index (χ0n) is 17.1. The lowest BCUT2D eigenvalue weighted by Gasteiger charge is -2.26. The van der Waals surface area contributed by atoms with Crippen LogP contribution in [0, 0.1) is 0 Å². The topological polar surface area (TPSA) is 71.1 Å². The zero-order valence-corrected chi connectivity index (χ0v) is 18.7. The summed E-state index contributed by atoms with van der Waals surface area (Å²) in [5, 5.41) is 2.93. The first kappa shape index (κ1) is 22.7. The van der Waals surface area contributed by atoms with Crippen LogP contribution >= 0.6 is 24.0 Å². The Hall–Kier alpha value is -1.94. The van der Waals surface area contributed by atoms with E-state index in [1.165, 1.54) is 16.7 Å². The van der Waals surface area contributed by atoms with Crippen molar-refractivity contribution in [2.45, 2.75) is 12.8 Å². The Morgan fingerprint density at radius 3 is 2.83 bits per heavy atom. The van der Waals surface area contributed by atoms with Crippen molar-refractivity contribution in [3.63, 3.8) is 0 Å². The maximum atomic E-state index is 12.7. The van der Waals surface area contributed by atoms with Gasteiger partial charge in [-0.1, -0.05) is 42.2 Å². The molecule has 0 aromatic heterocycles.